The number of piperidine rings is 1. The van der Waals surface area contributed by atoms with Gasteiger partial charge in [0, 0.05) is 24.5 Å². The summed E-state index contributed by atoms with van der Waals surface area (Å²) in [7, 11) is 0. The molecule has 2 unspecified atom stereocenters. The predicted octanol–water partition coefficient (Wildman–Crippen LogP) is 2.72. The molecule has 1 aromatic rings. The Hall–Kier alpha value is -0.760. The molecule has 3 rings (SSSR count). The summed E-state index contributed by atoms with van der Waals surface area (Å²) in [6, 6.07) is 4.80. The Morgan fingerprint density at radius 1 is 1.43 bits per heavy atom. The second kappa shape index (κ2) is 3.13. The van der Waals surface area contributed by atoms with Gasteiger partial charge in [-0.3, -0.25) is 0 Å². The van der Waals surface area contributed by atoms with Crippen LogP contribution >= 0.6 is 11.6 Å². The molecule has 0 aromatic carbocycles. The molecule has 2 heterocycles. The van der Waals surface area contributed by atoms with Crippen LogP contribution in [0.3, 0.4) is 0 Å². The van der Waals surface area contributed by atoms with Crippen molar-refractivity contribution in [1.29, 1.82) is 0 Å². The van der Waals surface area contributed by atoms with E-state index in [2.05, 4.69) is 16.0 Å². The van der Waals surface area contributed by atoms with Gasteiger partial charge in [-0.25, -0.2) is 4.98 Å². The van der Waals surface area contributed by atoms with Crippen LogP contribution in [-0.4, -0.2) is 17.6 Å². The number of aromatic nitrogens is 1. The van der Waals surface area contributed by atoms with Gasteiger partial charge in [-0.2, -0.15) is 0 Å². The van der Waals surface area contributed by atoms with Crippen molar-refractivity contribution >= 4 is 17.3 Å². The zero-order valence-corrected chi connectivity index (χ0v) is 8.74. The van der Waals surface area contributed by atoms with Crippen molar-refractivity contribution in [1.82, 2.24) is 4.98 Å². The number of nitrogens with zero attached hydrogens (tertiary/aromatic N) is 2. The Balaban J connectivity index is 1.89. The molecule has 1 aliphatic heterocycles. The van der Waals surface area contributed by atoms with Gasteiger partial charge in [-0.05, 0) is 37.3 Å². The average Bonchev–Trinajstić information content (AvgIpc) is 2.78. The summed E-state index contributed by atoms with van der Waals surface area (Å²) in [6.45, 7) is 1.21. The van der Waals surface area contributed by atoms with Crippen LogP contribution in [0, 0.1) is 5.92 Å². The van der Waals surface area contributed by atoms with E-state index in [1.54, 1.807) is 6.20 Å². The maximum atomic E-state index is 5.89. The molecule has 2 atom stereocenters. The molecule has 2 nitrogen and oxygen atoms in total. The number of anilines is 1. The monoisotopic (exact) mass is 208 g/mol. The second-order valence-corrected chi connectivity index (χ2v) is 4.71. The smallest absolute Gasteiger partial charge is 0.131 e. The highest BCUT2D eigenvalue weighted by Gasteiger charge is 2.37. The quantitative estimate of drug-likeness (QED) is 0.660. The Labute approximate surface area is 88.9 Å². The number of rotatable bonds is 1. The van der Waals surface area contributed by atoms with E-state index < -0.39 is 0 Å². The lowest BCUT2D eigenvalue weighted by atomic mass is 10.1. The van der Waals surface area contributed by atoms with E-state index in [0.29, 0.717) is 5.15 Å². The van der Waals surface area contributed by atoms with Crippen LogP contribution in [0.4, 0.5) is 5.69 Å². The van der Waals surface area contributed by atoms with Gasteiger partial charge >= 0.3 is 0 Å². The van der Waals surface area contributed by atoms with Gasteiger partial charge in [0.15, 0.2) is 0 Å². The third-order valence-electron chi connectivity index (χ3n) is 3.45. The third kappa shape index (κ3) is 1.29. The number of pyridine rings is 1. The van der Waals surface area contributed by atoms with Gasteiger partial charge in [0.2, 0.25) is 0 Å². The first kappa shape index (κ1) is 8.54. The van der Waals surface area contributed by atoms with Crippen LogP contribution in [-0.2, 0) is 0 Å². The zero-order valence-electron chi connectivity index (χ0n) is 7.99. The van der Waals surface area contributed by atoms with E-state index in [-0.39, 0.29) is 0 Å². The molecule has 1 aromatic heterocycles. The summed E-state index contributed by atoms with van der Waals surface area (Å²) in [5.41, 5.74) is 1.25. The molecule has 1 saturated carbocycles. The first-order valence-corrected chi connectivity index (χ1v) is 5.59. The topological polar surface area (TPSA) is 16.1 Å². The molecular formula is C11H13ClN2. The molecule has 2 fully saturated rings. The van der Waals surface area contributed by atoms with Crippen molar-refractivity contribution in [2.24, 2.45) is 5.92 Å². The summed E-state index contributed by atoms with van der Waals surface area (Å²) < 4.78 is 0. The van der Waals surface area contributed by atoms with Crippen molar-refractivity contribution in [3.63, 3.8) is 0 Å². The van der Waals surface area contributed by atoms with Crippen molar-refractivity contribution in [3.8, 4) is 0 Å². The van der Waals surface area contributed by atoms with Gasteiger partial charge in [0.25, 0.3) is 0 Å². The summed E-state index contributed by atoms with van der Waals surface area (Å²) >= 11 is 5.89. The Bertz CT molecular complexity index is 353. The van der Waals surface area contributed by atoms with Crippen LogP contribution in [0.1, 0.15) is 19.3 Å². The van der Waals surface area contributed by atoms with Gasteiger partial charge in [-0.15, -0.1) is 0 Å². The predicted molar refractivity (Wildman–Crippen MR) is 57.7 cm³/mol. The maximum absolute atomic E-state index is 5.89. The fourth-order valence-corrected chi connectivity index (χ4v) is 2.98. The number of hydrogen-bond donors (Lipinski definition) is 0. The average molecular weight is 209 g/mol. The minimum absolute atomic E-state index is 0.602. The lowest BCUT2D eigenvalue weighted by Crippen LogP contribution is -2.31. The van der Waals surface area contributed by atoms with E-state index in [9.17, 15) is 0 Å². The molecule has 74 valence electrons. The van der Waals surface area contributed by atoms with Crippen molar-refractivity contribution in [3.05, 3.63) is 23.5 Å². The molecule has 2 bridgehead atoms. The van der Waals surface area contributed by atoms with Gasteiger partial charge in [-0.1, -0.05) is 11.6 Å². The highest BCUT2D eigenvalue weighted by atomic mass is 35.5. The first-order valence-electron chi connectivity index (χ1n) is 5.21. The molecule has 3 heteroatoms. The minimum atomic E-state index is 0.602. The van der Waals surface area contributed by atoms with Crippen molar-refractivity contribution in [2.75, 3.05) is 11.4 Å². The molecular weight excluding hydrogens is 196 g/mol. The standard InChI is InChI=1S/C11H13ClN2/c12-11-6-10(3-4-13-11)14-7-8-1-2-9(14)5-8/h3-4,6,8-9H,1-2,5,7H2. The molecule has 2 aliphatic rings. The van der Waals surface area contributed by atoms with Crippen LogP contribution < -0.4 is 4.90 Å². The normalized spacial score (nSPS) is 29.9. The van der Waals surface area contributed by atoms with Crippen LogP contribution in [0.15, 0.2) is 18.3 Å². The van der Waals surface area contributed by atoms with E-state index in [1.165, 1.54) is 31.5 Å². The van der Waals surface area contributed by atoms with Crippen LogP contribution in [0.25, 0.3) is 0 Å². The van der Waals surface area contributed by atoms with E-state index >= 15 is 0 Å². The van der Waals surface area contributed by atoms with Crippen molar-refractivity contribution < 1.29 is 0 Å². The Kier molecular flexibility index (Phi) is 1.91. The van der Waals surface area contributed by atoms with Gasteiger partial charge in [0.1, 0.15) is 5.15 Å². The molecule has 0 spiro atoms. The van der Waals surface area contributed by atoms with Crippen LogP contribution in [0.2, 0.25) is 5.15 Å². The molecule has 14 heavy (non-hydrogen) atoms. The fraction of sp³-hybridized carbons (Fsp3) is 0.545. The van der Waals surface area contributed by atoms with E-state index in [0.717, 1.165) is 12.0 Å². The summed E-state index contributed by atoms with van der Waals surface area (Å²) in [5, 5.41) is 0.602. The van der Waals surface area contributed by atoms with Crippen molar-refractivity contribution in [2.45, 2.75) is 25.3 Å². The lowest BCUT2D eigenvalue weighted by molar-refractivity contribution is 0.553. The second-order valence-electron chi connectivity index (χ2n) is 4.32. The number of fused-ring (bicyclic) bond motifs is 2. The molecule has 0 amide bonds. The highest BCUT2D eigenvalue weighted by Crippen LogP contribution is 2.40. The minimum Gasteiger partial charge on any atom is -0.368 e. The third-order valence-corrected chi connectivity index (χ3v) is 3.66. The first-order chi connectivity index (χ1) is 6.83. The van der Waals surface area contributed by atoms with E-state index in [4.69, 9.17) is 11.6 Å². The maximum Gasteiger partial charge on any atom is 0.131 e. The van der Waals surface area contributed by atoms with Gasteiger partial charge in [0.05, 0.1) is 0 Å². The zero-order chi connectivity index (χ0) is 9.54. The van der Waals surface area contributed by atoms with E-state index in [1.807, 2.05) is 6.07 Å². The Morgan fingerprint density at radius 3 is 3.00 bits per heavy atom. The number of hydrogen-bond acceptors (Lipinski definition) is 2. The highest BCUT2D eigenvalue weighted by molar-refractivity contribution is 6.29. The molecule has 0 N–H and O–H groups in total. The molecule has 1 aliphatic carbocycles. The molecule has 1 saturated heterocycles. The molecule has 0 radical (unpaired) electrons. The summed E-state index contributed by atoms with van der Waals surface area (Å²) in [5.74, 6) is 0.923. The largest absolute Gasteiger partial charge is 0.368 e. The fourth-order valence-electron chi connectivity index (χ4n) is 2.81. The van der Waals surface area contributed by atoms with Crippen LogP contribution in [0.5, 0.6) is 0 Å². The van der Waals surface area contributed by atoms with Gasteiger partial charge < -0.3 is 4.90 Å². The summed E-state index contributed by atoms with van der Waals surface area (Å²) in [4.78, 5) is 6.50. The lowest BCUT2D eigenvalue weighted by Gasteiger charge is -2.29. The number of halogens is 1. The summed E-state index contributed by atoms with van der Waals surface area (Å²) in [6.07, 6.45) is 5.94. The Morgan fingerprint density at radius 2 is 2.36 bits per heavy atom. The SMILES string of the molecule is Clc1cc(N2CC3CCC2C3)ccn1.